The Morgan fingerprint density at radius 2 is 1.59 bits per heavy atom. The Labute approximate surface area is 181 Å². The van der Waals surface area contributed by atoms with Gasteiger partial charge in [0.25, 0.3) is 0 Å². The molecule has 3 N–H and O–H groups in total. The molecule has 0 aliphatic carbocycles. The lowest BCUT2D eigenvalue weighted by Crippen LogP contribution is -2.40. The van der Waals surface area contributed by atoms with Gasteiger partial charge in [-0.2, -0.15) is 0 Å². The van der Waals surface area contributed by atoms with Crippen LogP contribution >= 0.6 is 24.0 Å². The van der Waals surface area contributed by atoms with Gasteiger partial charge in [0, 0.05) is 40.3 Å². The summed E-state index contributed by atoms with van der Waals surface area (Å²) < 4.78 is 29.8. The Morgan fingerprint density at radius 1 is 1.07 bits per heavy atom. The molecule has 11 heteroatoms. The number of sulfonamides is 1. The SMILES string of the molecule is CCS(=O)(=O)N(C)CCCNC(=NC)NCCCNC(=O)OC(C)(C)C.I. The number of hydrogen-bond donors (Lipinski definition) is 3. The number of ether oxygens (including phenoxy) is 1. The molecule has 0 rings (SSSR count). The van der Waals surface area contributed by atoms with Gasteiger partial charge in [0.2, 0.25) is 10.0 Å². The Bertz CT molecular complexity index is 550. The molecule has 27 heavy (non-hydrogen) atoms. The summed E-state index contributed by atoms with van der Waals surface area (Å²) in [6.07, 6.45) is 0.972. The highest BCUT2D eigenvalue weighted by molar-refractivity contribution is 14.0. The van der Waals surface area contributed by atoms with E-state index in [1.165, 1.54) is 4.31 Å². The first-order chi connectivity index (χ1) is 12.0. The molecule has 0 saturated carbocycles. The van der Waals surface area contributed by atoms with Crippen LogP contribution in [0.3, 0.4) is 0 Å². The van der Waals surface area contributed by atoms with Crippen LogP contribution in [0.4, 0.5) is 4.79 Å². The Kier molecular flexibility index (Phi) is 14.9. The van der Waals surface area contributed by atoms with Crippen LogP contribution in [0, 0.1) is 0 Å². The highest BCUT2D eigenvalue weighted by atomic mass is 127. The summed E-state index contributed by atoms with van der Waals surface area (Å²) >= 11 is 0. The molecule has 1 amide bonds. The van der Waals surface area contributed by atoms with Crippen LogP contribution in [-0.4, -0.2) is 76.4 Å². The van der Waals surface area contributed by atoms with E-state index in [0.717, 1.165) is 6.42 Å². The van der Waals surface area contributed by atoms with Crippen LogP contribution in [0.25, 0.3) is 0 Å². The van der Waals surface area contributed by atoms with Crippen LogP contribution in [-0.2, 0) is 14.8 Å². The molecular weight excluding hydrogens is 485 g/mol. The van der Waals surface area contributed by atoms with E-state index in [1.54, 1.807) is 21.0 Å². The molecule has 0 aliphatic heterocycles. The van der Waals surface area contributed by atoms with Crippen molar-refractivity contribution in [2.24, 2.45) is 4.99 Å². The molecule has 162 valence electrons. The lowest BCUT2D eigenvalue weighted by atomic mass is 10.2. The van der Waals surface area contributed by atoms with E-state index in [9.17, 15) is 13.2 Å². The third-order valence-corrected chi connectivity index (χ3v) is 5.18. The third kappa shape index (κ3) is 14.9. The molecule has 0 aromatic rings. The maximum atomic E-state index is 11.6. The maximum absolute atomic E-state index is 11.6. The normalized spacial score (nSPS) is 12.3. The highest BCUT2D eigenvalue weighted by Gasteiger charge is 2.15. The molecule has 0 fully saturated rings. The van der Waals surface area contributed by atoms with Crippen molar-refractivity contribution in [1.29, 1.82) is 0 Å². The zero-order valence-electron chi connectivity index (χ0n) is 17.3. The van der Waals surface area contributed by atoms with Crippen LogP contribution in [0.2, 0.25) is 0 Å². The predicted molar refractivity (Wildman–Crippen MR) is 120 cm³/mol. The van der Waals surface area contributed by atoms with Crippen molar-refractivity contribution in [2.75, 3.05) is 46.0 Å². The summed E-state index contributed by atoms with van der Waals surface area (Å²) in [5, 5.41) is 8.96. The van der Waals surface area contributed by atoms with Gasteiger partial charge in [-0.15, -0.1) is 24.0 Å². The zero-order chi connectivity index (χ0) is 20.2. The molecule has 0 aromatic carbocycles. The van der Waals surface area contributed by atoms with Gasteiger partial charge in [0.1, 0.15) is 5.60 Å². The molecule has 0 aromatic heterocycles. The summed E-state index contributed by atoms with van der Waals surface area (Å²) in [5.74, 6) is 0.751. The quantitative estimate of drug-likeness (QED) is 0.173. The second kappa shape index (κ2) is 14.2. The molecule has 0 heterocycles. The summed E-state index contributed by atoms with van der Waals surface area (Å²) in [5.41, 5.74) is -0.501. The van der Waals surface area contributed by atoms with Crippen LogP contribution in [0.1, 0.15) is 40.5 Å². The number of guanidine groups is 1. The second-order valence-corrected chi connectivity index (χ2v) is 9.15. The van der Waals surface area contributed by atoms with Gasteiger partial charge in [0.15, 0.2) is 5.96 Å². The van der Waals surface area contributed by atoms with Crippen LogP contribution in [0.15, 0.2) is 4.99 Å². The van der Waals surface area contributed by atoms with Crippen LogP contribution < -0.4 is 16.0 Å². The topological polar surface area (TPSA) is 112 Å². The van der Waals surface area contributed by atoms with E-state index < -0.39 is 21.7 Å². The highest BCUT2D eigenvalue weighted by Crippen LogP contribution is 2.06. The number of carbonyl (C=O) groups is 1. The average Bonchev–Trinajstić information content (AvgIpc) is 2.54. The lowest BCUT2D eigenvalue weighted by Gasteiger charge is -2.19. The smallest absolute Gasteiger partial charge is 0.407 e. The maximum Gasteiger partial charge on any atom is 0.407 e. The summed E-state index contributed by atoms with van der Waals surface area (Å²) in [4.78, 5) is 15.6. The van der Waals surface area contributed by atoms with Crippen molar-refractivity contribution in [3.63, 3.8) is 0 Å². The van der Waals surface area contributed by atoms with Gasteiger partial charge >= 0.3 is 6.09 Å². The monoisotopic (exact) mass is 521 g/mol. The van der Waals surface area contributed by atoms with Crippen molar-refractivity contribution in [2.45, 2.75) is 46.1 Å². The predicted octanol–water partition coefficient (Wildman–Crippen LogP) is 1.36. The Hall–Kier alpha value is -0.820. The summed E-state index contributed by atoms with van der Waals surface area (Å²) in [6, 6.07) is 0. The minimum atomic E-state index is -3.13. The number of halogens is 1. The lowest BCUT2D eigenvalue weighted by molar-refractivity contribution is 0.0527. The standard InChI is InChI=1S/C16H35N5O4S.HI/c1-7-26(23,24)21(6)13-9-12-19-14(17-5)18-10-8-11-20-15(22)25-16(2,3)4;/h7-13H2,1-6H3,(H,20,22)(H2,17,18,19);1H. The number of aliphatic imine (C=N–C) groups is 1. The molecule has 0 radical (unpaired) electrons. The van der Waals surface area contributed by atoms with E-state index in [1.807, 2.05) is 20.8 Å². The van der Waals surface area contributed by atoms with Gasteiger partial charge in [-0.1, -0.05) is 0 Å². The van der Waals surface area contributed by atoms with Gasteiger partial charge < -0.3 is 20.7 Å². The molecule has 0 atom stereocenters. The number of nitrogens with zero attached hydrogens (tertiary/aromatic N) is 2. The molecule has 0 bridgehead atoms. The van der Waals surface area contributed by atoms with Crippen molar-refractivity contribution < 1.29 is 17.9 Å². The van der Waals surface area contributed by atoms with Gasteiger partial charge in [-0.3, -0.25) is 4.99 Å². The van der Waals surface area contributed by atoms with Gasteiger partial charge in [0.05, 0.1) is 5.75 Å². The minimum absolute atomic E-state index is 0. The number of amides is 1. The first kappa shape index (κ1) is 28.4. The fraction of sp³-hybridized carbons (Fsp3) is 0.875. The number of hydrogen-bond acceptors (Lipinski definition) is 5. The molecular formula is C16H36IN5O4S. The fourth-order valence-corrected chi connectivity index (χ4v) is 2.74. The molecule has 9 nitrogen and oxygen atoms in total. The largest absolute Gasteiger partial charge is 0.444 e. The number of nitrogens with one attached hydrogen (secondary N) is 3. The number of alkyl carbamates (subject to hydrolysis) is 1. The summed E-state index contributed by atoms with van der Waals surface area (Å²) in [6.45, 7) is 9.29. The average molecular weight is 521 g/mol. The second-order valence-electron chi connectivity index (χ2n) is 6.78. The Morgan fingerprint density at radius 3 is 2.07 bits per heavy atom. The summed E-state index contributed by atoms with van der Waals surface area (Å²) in [7, 11) is 0.127. The zero-order valence-corrected chi connectivity index (χ0v) is 20.4. The van der Waals surface area contributed by atoms with Gasteiger partial charge in [-0.25, -0.2) is 17.5 Å². The van der Waals surface area contributed by atoms with Crippen molar-refractivity contribution in [1.82, 2.24) is 20.3 Å². The minimum Gasteiger partial charge on any atom is -0.444 e. The van der Waals surface area contributed by atoms with Crippen molar-refractivity contribution >= 4 is 46.1 Å². The van der Waals surface area contributed by atoms with E-state index in [2.05, 4.69) is 20.9 Å². The molecule has 0 unspecified atom stereocenters. The first-order valence-corrected chi connectivity index (χ1v) is 10.5. The fourth-order valence-electron chi connectivity index (χ4n) is 1.89. The number of rotatable bonds is 10. The van der Waals surface area contributed by atoms with Crippen molar-refractivity contribution in [3.8, 4) is 0 Å². The molecule has 0 spiro atoms. The van der Waals surface area contributed by atoms with E-state index in [0.29, 0.717) is 38.6 Å². The molecule has 0 saturated heterocycles. The first-order valence-electron chi connectivity index (χ1n) is 8.87. The van der Waals surface area contributed by atoms with Crippen LogP contribution in [0.5, 0.6) is 0 Å². The molecule has 0 aliphatic rings. The Balaban J connectivity index is 0. The van der Waals surface area contributed by atoms with Crippen molar-refractivity contribution in [3.05, 3.63) is 0 Å². The number of carbonyl (C=O) groups excluding carboxylic acids is 1. The third-order valence-electron chi connectivity index (χ3n) is 3.32. The van der Waals surface area contributed by atoms with E-state index >= 15 is 0 Å². The van der Waals surface area contributed by atoms with Gasteiger partial charge in [-0.05, 0) is 40.5 Å². The van der Waals surface area contributed by atoms with E-state index in [4.69, 9.17) is 4.74 Å². The van der Waals surface area contributed by atoms with E-state index in [-0.39, 0.29) is 29.7 Å².